The first-order valence-corrected chi connectivity index (χ1v) is 6.83. The molecule has 3 nitrogen and oxygen atoms in total. The maximum atomic E-state index is 6.17. The van der Waals surface area contributed by atoms with Crippen LogP contribution in [0.2, 0.25) is 0 Å². The van der Waals surface area contributed by atoms with E-state index in [0.29, 0.717) is 0 Å². The highest BCUT2D eigenvalue weighted by Crippen LogP contribution is 2.71. The van der Waals surface area contributed by atoms with E-state index in [1.807, 2.05) is 11.2 Å². The lowest BCUT2D eigenvalue weighted by Gasteiger charge is -2.41. The molecule has 1 aromatic carbocycles. The maximum Gasteiger partial charge on any atom is 0.126 e. The van der Waals surface area contributed by atoms with E-state index < -0.39 is 0 Å². The Balaban J connectivity index is 1.86. The van der Waals surface area contributed by atoms with Crippen LogP contribution < -0.4 is 5.84 Å². The van der Waals surface area contributed by atoms with Gasteiger partial charge in [-0.3, -0.25) is 5.01 Å². The molecule has 0 radical (unpaired) electrons. The molecule has 0 bridgehead atoms. The van der Waals surface area contributed by atoms with Gasteiger partial charge in [0.2, 0.25) is 0 Å². The number of benzene rings is 1. The zero-order valence-electron chi connectivity index (χ0n) is 11.4. The molecule has 3 unspecified atom stereocenters. The van der Waals surface area contributed by atoms with Crippen LogP contribution in [0, 0.1) is 10.8 Å². The average Bonchev–Trinajstić information content (AvgIpc) is 2.76. The topological polar surface area (TPSA) is 32.5 Å². The lowest BCUT2D eigenvalue weighted by molar-refractivity contribution is 0.0979. The monoisotopic (exact) mass is 253 g/mol. The molecule has 3 atom stereocenters. The first kappa shape index (κ1) is 11.1. The second-order valence-electron chi connectivity index (χ2n) is 6.43. The molecule has 98 valence electrons. The molecule has 1 fully saturated rings. The van der Waals surface area contributed by atoms with E-state index in [0.717, 1.165) is 0 Å². The fraction of sp³-hybridized carbons (Fsp3) is 0.375. The summed E-state index contributed by atoms with van der Waals surface area (Å²) in [6, 6.07) is 10.6. The molecule has 1 aromatic rings. The molecule has 19 heavy (non-hydrogen) atoms. The third-order valence-corrected chi connectivity index (χ3v) is 5.23. The van der Waals surface area contributed by atoms with Crippen molar-refractivity contribution >= 4 is 5.70 Å². The highest BCUT2D eigenvalue weighted by Gasteiger charge is 2.69. The van der Waals surface area contributed by atoms with Crippen molar-refractivity contribution in [2.24, 2.45) is 16.7 Å². The fourth-order valence-corrected chi connectivity index (χ4v) is 3.84. The third-order valence-electron chi connectivity index (χ3n) is 5.23. The van der Waals surface area contributed by atoms with Crippen molar-refractivity contribution in [3.8, 4) is 0 Å². The smallest absolute Gasteiger partial charge is 0.126 e. The van der Waals surface area contributed by atoms with Gasteiger partial charge in [0.1, 0.15) is 6.17 Å². The molecule has 2 aliphatic heterocycles. The van der Waals surface area contributed by atoms with Gasteiger partial charge in [0.15, 0.2) is 0 Å². The van der Waals surface area contributed by atoms with Crippen LogP contribution in [0.15, 0.2) is 48.8 Å². The van der Waals surface area contributed by atoms with Crippen molar-refractivity contribution in [2.75, 3.05) is 0 Å². The van der Waals surface area contributed by atoms with Gasteiger partial charge in [0.05, 0.1) is 0 Å². The number of allylic oxidation sites excluding steroid dienone is 1. The standard InChI is InChI=1S/C16H19N3/c1-15-10-13(12-6-4-3-5-7-12)18-8-9-19(17)14(18)16(15,2)11-15/h3-10,14H,11,17H2,1-2H3. The molecule has 0 aromatic heterocycles. The van der Waals surface area contributed by atoms with E-state index in [9.17, 15) is 0 Å². The second kappa shape index (κ2) is 3.23. The van der Waals surface area contributed by atoms with Crippen LogP contribution in [-0.2, 0) is 0 Å². The van der Waals surface area contributed by atoms with E-state index in [1.54, 1.807) is 0 Å². The number of rotatable bonds is 1. The number of hydrogen-bond donors (Lipinski definition) is 1. The van der Waals surface area contributed by atoms with Gasteiger partial charge in [-0.25, -0.2) is 5.84 Å². The Morgan fingerprint density at radius 2 is 1.89 bits per heavy atom. The van der Waals surface area contributed by atoms with Crippen molar-refractivity contribution in [1.29, 1.82) is 0 Å². The molecule has 0 spiro atoms. The zero-order valence-corrected chi connectivity index (χ0v) is 11.4. The first-order chi connectivity index (χ1) is 9.05. The number of hydrazine groups is 1. The van der Waals surface area contributed by atoms with Crippen LogP contribution in [-0.4, -0.2) is 16.1 Å². The fourth-order valence-electron chi connectivity index (χ4n) is 3.84. The molecule has 1 saturated carbocycles. The lowest BCUT2D eigenvalue weighted by Crippen LogP contribution is -2.50. The Hall–Kier alpha value is -1.74. The van der Waals surface area contributed by atoms with Crippen LogP contribution >= 0.6 is 0 Å². The summed E-state index contributed by atoms with van der Waals surface area (Å²) in [4.78, 5) is 2.32. The molecule has 0 saturated heterocycles. The van der Waals surface area contributed by atoms with Crippen LogP contribution in [0.3, 0.4) is 0 Å². The van der Waals surface area contributed by atoms with Crippen molar-refractivity contribution < 1.29 is 0 Å². The molecular weight excluding hydrogens is 234 g/mol. The molecule has 3 heteroatoms. The normalized spacial score (nSPS) is 38.9. The maximum absolute atomic E-state index is 6.17. The van der Waals surface area contributed by atoms with E-state index in [-0.39, 0.29) is 17.0 Å². The summed E-state index contributed by atoms with van der Waals surface area (Å²) in [5.41, 5.74) is 3.07. The van der Waals surface area contributed by atoms with Crippen molar-refractivity contribution in [3.63, 3.8) is 0 Å². The second-order valence-corrected chi connectivity index (χ2v) is 6.43. The van der Waals surface area contributed by atoms with E-state index >= 15 is 0 Å². The van der Waals surface area contributed by atoms with Crippen LogP contribution in [0.1, 0.15) is 25.8 Å². The first-order valence-electron chi connectivity index (χ1n) is 6.83. The minimum absolute atomic E-state index is 0.248. The predicted octanol–water partition coefficient (Wildman–Crippen LogP) is 2.75. The lowest BCUT2D eigenvalue weighted by atomic mass is 9.86. The van der Waals surface area contributed by atoms with Gasteiger partial charge in [0, 0.05) is 23.5 Å². The predicted molar refractivity (Wildman–Crippen MR) is 76.0 cm³/mol. The van der Waals surface area contributed by atoms with Gasteiger partial charge in [-0.1, -0.05) is 50.3 Å². The van der Waals surface area contributed by atoms with E-state index in [1.165, 1.54) is 17.7 Å². The van der Waals surface area contributed by atoms with Gasteiger partial charge in [0.25, 0.3) is 0 Å². The molecular formula is C16H19N3. The highest BCUT2D eigenvalue weighted by molar-refractivity contribution is 5.69. The largest absolute Gasteiger partial charge is 0.323 e. The summed E-state index contributed by atoms with van der Waals surface area (Å²) < 4.78 is 0. The number of fused-ring (bicyclic) bond motifs is 3. The van der Waals surface area contributed by atoms with E-state index in [4.69, 9.17) is 5.84 Å². The Morgan fingerprint density at radius 3 is 2.63 bits per heavy atom. The summed E-state index contributed by atoms with van der Waals surface area (Å²) >= 11 is 0. The summed E-state index contributed by atoms with van der Waals surface area (Å²) in [5.74, 6) is 6.17. The zero-order chi connectivity index (χ0) is 13.3. The molecule has 2 heterocycles. The van der Waals surface area contributed by atoms with Crippen molar-refractivity contribution in [1.82, 2.24) is 9.91 Å². The van der Waals surface area contributed by atoms with Crippen molar-refractivity contribution in [2.45, 2.75) is 26.4 Å². The number of hydrogen-bond acceptors (Lipinski definition) is 3. The van der Waals surface area contributed by atoms with E-state index in [2.05, 4.69) is 61.4 Å². The van der Waals surface area contributed by atoms with Crippen LogP contribution in [0.5, 0.6) is 0 Å². The molecule has 2 N–H and O–H groups in total. The van der Waals surface area contributed by atoms with Gasteiger partial charge in [-0.15, -0.1) is 0 Å². The third kappa shape index (κ3) is 1.26. The Morgan fingerprint density at radius 1 is 1.16 bits per heavy atom. The van der Waals surface area contributed by atoms with Gasteiger partial charge >= 0.3 is 0 Å². The quantitative estimate of drug-likeness (QED) is 0.781. The summed E-state index contributed by atoms with van der Waals surface area (Å²) in [7, 11) is 0. The van der Waals surface area contributed by atoms with Gasteiger partial charge in [-0.2, -0.15) is 0 Å². The molecule has 3 aliphatic rings. The Kier molecular flexibility index (Phi) is 1.89. The minimum atomic E-state index is 0.248. The molecule has 4 rings (SSSR count). The summed E-state index contributed by atoms with van der Waals surface area (Å²) in [5, 5.41) is 1.86. The highest BCUT2D eigenvalue weighted by atomic mass is 15.5. The van der Waals surface area contributed by atoms with Gasteiger partial charge in [-0.05, 0) is 17.4 Å². The SMILES string of the molecule is CC12C=C(c3ccccc3)N3C=CN(N)C3C1(C)C2. The van der Waals surface area contributed by atoms with Crippen LogP contribution in [0.4, 0.5) is 0 Å². The Bertz CT molecular complexity index is 591. The summed E-state index contributed by atoms with van der Waals surface area (Å²) in [6.45, 7) is 4.69. The Labute approximate surface area is 114 Å². The summed E-state index contributed by atoms with van der Waals surface area (Å²) in [6.07, 6.45) is 7.97. The number of nitrogens with two attached hydrogens (primary N) is 1. The van der Waals surface area contributed by atoms with Crippen molar-refractivity contribution in [3.05, 3.63) is 54.4 Å². The molecule has 0 amide bonds. The number of nitrogens with zero attached hydrogens (tertiary/aromatic N) is 2. The minimum Gasteiger partial charge on any atom is -0.323 e. The van der Waals surface area contributed by atoms with Gasteiger partial charge < -0.3 is 4.90 Å². The average molecular weight is 253 g/mol. The van der Waals surface area contributed by atoms with Crippen LogP contribution in [0.25, 0.3) is 5.70 Å². The molecule has 1 aliphatic carbocycles.